The van der Waals surface area contributed by atoms with E-state index in [0.29, 0.717) is 13.0 Å². The Morgan fingerprint density at radius 2 is 1.60 bits per heavy atom. The van der Waals surface area contributed by atoms with Crippen LogP contribution in [0.1, 0.15) is 6.42 Å². The van der Waals surface area contributed by atoms with Gasteiger partial charge in [0.2, 0.25) is 5.91 Å². The number of hydrogen-bond donors (Lipinski definition) is 2. The fourth-order valence-electron chi connectivity index (χ4n) is 2.92. The van der Waals surface area contributed by atoms with Crippen molar-refractivity contribution in [2.24, 2.45) is 0 Å². The van der Waals surface area contributed by atoms with Gasteiger partial charge in [-0.25, -0.2) is 0 Å². The second-order valence-corrected chi connectivity index (χ2v) is 6.43. The predicted octanol–water partition coefficient (Wildman–Crippen LogP) is 2.88. The summed E-state index contributed by atoms with van der Waals surface area (Å²) in [5.41, 5.74) is 3.15. The number of nitrogens with one attached hydrogen (secondary N) is 2. The fourth-order valence-corrected chi connectivity index (χ4v) is 2.92. The number of nitrogens with zero attached hydrogens (tertiary/aromatic N) is 2. The average Bonchev–Trinajstić information content (AvgIpc) is 2.64. The van der Waals surface area contributed by atoms with Gasteiger partial charge in [-0.1, -0.05) is 18.2 Å². The maximum absolute atomic E-state index is 11.9. The van der Waals surface area contributed by atoms with Gasteiger partial charge in [-0.15, -0.1) is 0 Å². The molecule has 2 N–H and O–H groups in total. The zero-order valence-corrected chi connectivity index (χ0v) is 14.7. The number of hydrogen-bond acceptors (Lipinski definition) is 4. The van der Waals surface area contributed by atoms with E-state index in [-0.39, 0.29) is 5.91 Å². The molecular weight excluding hydrogens is 312 g/mol. The lowest BCUT2D eigenvalue weighted by atomic mass is 10.2. The van der Waals surface area contributed by atoms with Crippen LogP contribution in [0.15, 0.2) is 54.6 Å². The van der Waals surface area contributed by atoms with E-state index in [2.05, 4.69) is 51.7 Å². The first kappa shape index (κ1) is 17.3. The van der Waals surface area contributed by atoms with Gasteiger partial charge in [0.1, 0.15) is 0 Å². The van der Waals surface area contributed by atoms with E-state index in [1.54, 1.807) is 0 Å². The molecule has 5 heteroatoms. The van der Waals surface area contributed by atoms with Crippen molar-refractivity contribution < 1.29 is 4.79 Å². The van der Waals surface area contributed by atoms with Crippen molar-refractivity contribution in [2.75, 3.05) is 55.3 Å². The molecule has 1 heterocycles. The number of anilines is 3. The molecule has 1 aliphatic rings. The lowest BCUT2D eigenvalue weighted by molar-refractivity contribution is -0.115. The summed E-state index contributed by atoms with van der Waals surface area (Å²) in [6.45, 7) is 4.98. The quantitative estimate of drug-likeness (QED) is 0.850. The van der Waals surface area contributed by atoms with Gasteiger partial charge in [-0.2, -0.15) is 0 Å². The van der Waals surface area contributed by atoms with E-state index in [1.165, 1.54) is 5.69 Å². The van der Waals surface area contributed by atoms with Crippen LogP contribution in [0.4, 0.5) is 17.1 Å². The predicted molar refractivity (Wildman–Crippen MR) is 104 cm³/mol. The third-order valence-electron chi connectivity index (χ3n) is 4.47. The van der Waals surface area contributed by atoms with Crippen LogP contribution in [0.5, 0.6) is 0 Å². The SMILES string of the molecule is CN1CCN(c2ccc(NCCC(=O)Nc3ccccc3)cc2)CC1. The first-order chi connectivity index (χ1) is 12.2. The fraction of sp³-hybridized carbons (Fsp3) is 0.350. The number of rotatable bonds is 6. The molecule has 1 amide bonds. The minimum Gasteiger partial charge on any atom is -0.385 e. The van der Waals surface area contributed by atoms with Gasteiger partial charge in [0, 0.05) is 56.2 Å². The summed E-state index contributed by atoms with van der Waals surface area (Å²) >= 11 is 0. The summed E-state index contributed by atoms with van der Waals surface area (Å²) in [5, 5.41) is 6.21. The number of likely N-dealkylation sites (N-methyl/N-ethyl adjacent to an activating group) is 1. The summed E-state index contributed by atoms with van der Waals surface area (Å²) in [7, 11) is 2.16. The topological polar surface area (TPSA) is 47.6 Å². The first-order valence-corrected chi connectivity index (χ1v) is 8.83. The van der Waals surface area contributed by atoms with Crippen LogP contribution >= 0.6 is 0 Å². The zero-order valence-electron chi connectivity index (χ0n) is 14.7. The van der Waals surface area contributed by atoms with Crippen molar-refractivity contribution >= 4 is 23.0 Å². The Bertz CT molecular complexity index is 664. The molecule has 0 aliphatic carbocycles. The molecule has 3 rings (SSSR count). The number of carbonyl (C=O) groups is 1. The molecule has 132 valence electrons. The molecule has 0 radical (unpaired) electrons. The Balaban J connectivity index is 1.42. The van der Waals surface area contributed by atoms with E-state index >= 15 is 0 Å². The van der Waals surface area contributed by atoms with Crippen LogP contribution in [0.2, 0.25) is 0 Å². The maximum Gasteiger partial charge on any atom is 0.226 e. The zero-order chi connectivity index (χ0) is 17.5. The van der Waals surface area contributed by atoms with Gasteiger partial charge in [0.15, 0.2) is 0 Å². The lowest BCUT2D eigenvalue weighted by Gasteiger charge is -2.34. The molecule has 0 aromatic heterocycles. The minimum absolute atomic E-state index is 0.0211. The van der Waals surface area contributed by atoms with Crippen molar-refractivity contribution in [3.63, 3.8) is 0 Å². The molecular formula is C20H26N4O. The standard InChI is InChI=1S/C20H26N4O/c1-23-13-15-24(16-14-23)19-9-7-17(8-10-19)21-12-11-20(25)22-18-5-3-2-4-6-18/h2-10,21H,11-16H2,1H3,(H,22,25). The summed E-state index contributed by atoms with van der Waals surface area (Å²) in [4.78, 5) is 16.7. The number of carbonyl (C=O) groups excluding carboxylic acids is 1. The molecule has 0 atom stereocenters. The van der Waals surface area contributed by atoms with E-state index < -0.39 is 0 Å². The lowest BCUT2D eigenvalue weighted by Crippen LogP contribution is -2.44. The maximum atomic E-state index is 11.9. The average molecular weight is 338 g/mol. The molecule has 1 fully saturated rings. The normalized spacial score (nSPS) is 15.0. The number of piperazine rings is 1. The Labute approximate surface area is 149 Å². The number of para-hydroxylation sites is 1. The van der Waals surface area contributed by atoms with Crippen LogP contribution in [0.3, 0.4) is 0 Å². The Morgan fingerprint density at radius 3 is 2.28 bits per heavy atom. The smallest absolute Gasteiger partial charge is 0.226 e. The van der Waals surface area contributed by atoms with E-state index in [1.807, 2.05) is 30.3 Å². The summed E-state index contributed by atoms with van der Waals surface area (Å²) in [6, 6.07) is 18.0. The molecule has 0 unspecified atom stereocenters. The van der Waals surface area contributed by atoms with Gasteiger partial charge in [0.05, 0.1) is 0 Å². The highest BCUT2D eigenvalue weighted by Crippen LogP contribution is 2.19. The van der Waals surface area contributed by atoms with Crippen LogP contribution in [-0.4, -0.2) is 50.6 Å². The third-order valence-corrected chi connectivity index (χ3v) is 4.47. The molecule has 5 nitrogen and oxygen atoms in total. The van der Waals surface area contributed by atoms with Gasteiger partial charge >= 0.3 is 0 Å². The summed E-state index contributed by atoms with van der Waals surface area (Å²) in [5.74, 6) is 0.0211. The highest BCUT2D eigenvalue weighted by atomic mass is 16.1. The molecule has 1 aliphatic heterocycles. The highest BCUT2D eigenvalue weighted by molar-refractivity contribution is 5.90. The van der Waals surface area contributed by atoms with E-state index in [9.17, 15) is 4.79 Å². The molecule has 2 aromatic carbocycles. The largest absolute Gasteiger partial charge is 0.385 e. The van der Waals surface area contributed by atoms with Crippen LogP contribution in [-0.2, 0) is 4.79 Å². The first-order valence-electron chi connectivity index (χ1n) is 8.83. The van der Waals surface area contributed by atoms with Gasteiger partial charge in [-0.05, 0) is 43.4 Å². The molecule has 2 aromatic rings. The number of amides is 1. The number of benzene rings is 2. The van der Waals surface area contributed by atoms with Gasteiger partial charge in [-0.3, -0.25) is 4.79 Å². The van der Waals surface area contributed by atoms with Crippen LogP contribution < -0.4 is 15.5 Å². The van der Waals surface area contributed by atoms with E-state index in [4.69, 9.17) is 0 Å². The third kappa shape index (κ3) is 5.22. The Hall–Kier alpha value is -2.53. The minimum atomic E-state index is 0.0211. The summed E-state index contributed by atoms with van der Waals surface area (Å²) in [6.07, 6.45) is 0.440. The summed E-state index contributed by atoms with van der Waals surface area (Å²) < 4.78 is 0. The van der Waals surface area contributed by atoms with Crippen molar-refractivity contribution in [2.45, 2.75) is 6.42 Å². The van der Waals surface area contributed by atoms with E-state index in [0.717, 1.165) is 37.6 Å². The van der Waals surface area contributed by atoms with Crippen molar-refractivity contribution in [1.29, 1.82) is 0 Å². The van der Waals surface area contributed by atoms with Crippen molar-refractivity contribution in [3.8, 4) is 0 Å². The molecule has 0 bridgehead atoms. The highest BCUT2D eigenvalue weighted by Gasteiger charge is 2.13. The second-order valence-electron chi connectivity index (χ2n) is 6.43. The van der Waals surface area contributed by atoms with Gasteiger partial charge in [0.25, 0.3) is 0 Å². The van der Waals surface area contributed by atoms with Crippen molar-refractivity contribution in [1.82, 2.24) is 4.90 Å². The molecule has 25 heavy (non-hydrogen) atoms. The molecule has 1 saturated heterocycles. The molecule has 0 saturated carbocycles. The van der Waals surface area contributed by atoms with Gasteiger partial charge < -0.3 is 20.4 Å². The molecule has 0 spiro atoms. The Morgan fingerprint density at radius 1 is 0.920 bits per heavy atom. The Kier molecular flexibility index (Phi) is 5.90. The van der Waals surface area contributed by atoms with Crippen LogP contribution in [0.25, 0.3) is 0 Å². The van der Waals surface area contributed by atoms with Crippen molar-refractivity contribution in [3.05, 3.63) is 54.6 Å². The van der Waals surface area contributed by atoms with Crippen LogP contribution in [0, 0.1) is 0 Å². The second kappa shape index (κ2) is 8.53. The monoisotopic (exact) mass is 338 g/mol.